The van der Waals surface area contributed by atoms with E-state index in [2.05, 4.69) is 120 Å². The van der Waals surface area contributed by atoms with Crippen molar-refractivity contribution < 1.29 is 4.42 Å². The van der Waals surface area contributed by atoms with Crippen molar-refractivity contribution in [3.63, 3.8) is 0 Å². The molecule has 0 unspecified atom stereocenters. The highest BCUT2D eigenvalue weighted by Crippen LogP contribution is 2.42. The van der Waals surface area contributed by atoms with Crippen LogP contribution in [0.4, 0.5) is 0 Å². The van der Waals surface area contributed by atoms with Gasteiger partial charge in [0.05, 0.1) is 21.3 Å². The highest BCUT2D eigenvalue weighted by Gasteiger charge is 2.18. The Morgan fingerprint density at radius 1 is 0.512 bits per heavy atom. The summed E-state index contributed by atoms with van der Waals surface area (Å²) in [6.07, 6.45) is 0. The Morgan fingerprint density at radius 2 is 1.14 bits per heavy atom. The summed E-state index contributed by atoms with van der Waals surface area (Å²) >= 11 is 1.73. The average Bonchev–Trinajstić information content (AvgIpc) is 3.76. The first-order valence-electron chi connectivity index (χ1n) is 14.5. The van der Waals surface area contributed by atoms with E-state index in [0.717, 1.165) is 43.7 Å². The summed E-state index contributed by atoms with van der Waals surface area (Å²) in [4.78, 5) is 5.05. The zero-order valence-corrected chi connectivity index (χ0v) is 23.7. The number of furan rings is 1. The zero-order chi connectivity index (χ0) is 28.1. The van der Waals surface area contributed by atoms with Gasteiger partial charge in [0.1, 0.15) is 16.2 Å². The van der Waals surface area contributed by atoms with E-state index >= 15 is 0 Å². The summed E-state index contributed by atoms with van der Waals surface area (Å²) in [5.41, 5.74) is 7.51. The van der Waals surface area contributed by atoms with E-state index in [1.54, 1.807) is 11.3 Å². The summed E-state index contributed by atoms with van der Waals surface area (Å²) in [7, 11) is 0. The Kier molecular flexibility index (Phi) is 4.60. The molecular formula is C39H22N2OS. The molecule has 0 saturated carbocycles. The Labute approximate surface area is 249 Å². The van der Waals surface area contributed by atoms with Gasteiger partial charge in [0.25, 0.3) is 0 Å². The van der Waals surface area contributed by atoms with Gasteiger partial charge in [0.2, 0.25) is 0 Å². The molecule has 0 aliphatic heterocycles. The quantitative estimate of drug-likeness (QED) is 0.208. The van der Waals surface area contributed by atoms with Crippen molar-refractivity contribution in [2.75, 3.05) is 0 Å². The van der Waals surface area contributed by atoms with Crippen molar-refractivity contribution in [1.82, 2.24) is 9.55 Å². The van der Waals surface area contributed by atoms with E-state index in [1.807, 2.05) is 18.2 Å². The fourth-order valence-electron chi connectivity index (χ4n) is 6.90. The summed E-state index contributed by atoms with van der Waals surface area (Å²) < 4.78 is 9.71. The third kappa shape index (κ3) is 3.21. The molecule has 0 N–H and O–H groups in total. The zero-order valence-electron chi connectivity index (χ0n) is 22.9. The predicted molar refractivity (Wildman–Crippen MR) is 182 cm³/mol. The molecule has 10 aromatic rings. The maximum Gasteiger partial charge on any atom is 0.137 e. The highest BCUT2D eigenvalue weighted by atomic mass is 32.1. The van der Waals surface area contributed by atoms with Gasteiger partial charge in [0, 0.05) is 32.8 Å². The summed E-state index contributed by atoms with van der Waals surface area (Å²) in [5.74, 6) is 0. The van der Waals surface area contributed by atoms with Crippen LogP contribution in [0.2, 0.25) is 0 Å². The first-order chi connectivity index (χ1) is 21.3. The van der Waals surface area contributed by atoms with Crippen molar-refractivity contribution in [3.8, 4) is 16.3 Å². The van der Waals surface area contributed by atoms with Crippen LogP contribution in [0.25, 0.3) is 91.8 Å². The van der Waals surface area contributed by atoms with E-state index in [4.69, 9.17) is 9.40 Å². The lowest BCUT2D eigenvalue weighted by molar-refractivity contribution is 0.669. The van der Waals surface area contributed by atoms with Gasteiger partial charge in [-0.15, -0.1) is 11.3 Å². The van der Waals surface area contributed by atoms with E-state index in [9.17, 15) is 0 Å². The first kappa shape index (κ1) is 23.1. The van der Waals surface area contributed by atoms with Crippen molar-refractivity contribution in [1.29, 1.82) is 0 Å². The predicted octanol–water partition coefficient (Wildman–Crippen LogP) is 11.3. The van der Waals surface area contributed by atoms with Gasteiger partial charge in [0.15, 0.2) is 0 Å². The summed E-state index contributed by atoms with van der Waals surface area (Å²) in [6.45, 7) is 0. The molecule has 0 aliphatic carbocycles. The first-order valence-corrected chi connectivity index (χ1v) is 15.3. The third-order valence-electron chi connectivity index (χ3n) is 8.81. The molecule has 7 aromatic carbocycles. The van der Waals surface area contributed by atoms with Gasteiger partial charge in [-0.1, -0.05) is 78.9 Å². The lowest BCUT2D eigenvalue weighted by Gasteiger charge is -2.09. The largest absolute Gasteiger partial charge is 0.456 e. The van der Waals surface area contributed by atoms with Gasteiger partial charge < -0.3 is 8.98 Å². The number of fused-ring (bicyclic) bond motifs is 12. The topological polar surface area (TPSA) is 31.0 Å². The Bertz CT molecular complexity index is 2630. The molecule has 3 heterocycles. The van der Waals surface area contributed by atoms with Crippen LogP contribution in [0.1, 0.15) is 0 Å². The minimum Gasteiger partial charge on any atom is -0.456 e. The number of thiazole rings is 1. The minimum absolute atomic E-state index is 0.908. The van der Waals surface area contributed by atoms with Crippen LogP contribution < -0.4 is 0 Å². The van der Waals surface area contributed by atoms with Crippen molar-refractivity contribution in [2.45, 2.75) is 0 Å². The van der Waals surface area contributed by atoms with Crippen LogP contribution in [-0.2, 0) is 0 Å². The number of aromatic nitrogens is 2. The second-order valence-corrected chi connectivity index (χ2v) is 12.1. The van der Waals surface area contributed by atoms with Crippen LogP contribution in [0.5, 0.6) is 0 Å². The molecule has 0 fully saturated rings. The molecular weight excluding hydrogens is 545 g/mol. The summed E-state index contributed by atoms with van der Waals surface area (Å²) in [5, 5.41) is 11.0. The lowest BCUT2D eigenvalue weighted by Crippen LogP contribution is -1.93. The SMILES string of the molecule is c1ccc2c(c1)ccc1c2c2c3ccccc3ccc2n1-c1ccc(-c2nc3ccc4oc5ccccc5c4c3s2)cc1. The molecule has 0 spiro atoms. The Balaban J connectivity index is 1.19. The fourth-order valence-corrected chi connectivity index (χ4v) is 8.02. The minimum atomic E-state index is 0.908. The number of para-hydroxylation sites is 1. The molecule has 10 rings (SSSR count). The standard InChI is InChI=1S/C39H22N2OS/c1-3-9-27-23(7-1)15-20-31-35(27)36-28-10-4-2-8-24(28)16-21-32(36)41(31)26-17-13-25(14-18-26)39-40-30-19-22-34-37(38(30)43-39)29-11-5-6-12-33(29)42-34/h1-22H. The number of hydrogen-bond donors (Lipinski definition) is 0. The summed E-state index contributed by atoms with van der Waals surface area (Å²) in [6, 6.07) is 47.7. The van der Waals surface area contributed by atoms with Crippen LogP contribution in [0.15, 0.2) is 138 Å². The van der Waals surface area contributed by atoms with Gasteiger partial charge in [-0.25, -0.2) is 4.98 Å². The van der Waals surface area contributed by atoms with Crippen molar-refractivity contribution in [2.24, 2.45) is 0 Å². The molecule has 0 bridgehead atoms. The number of nitrogens with zero attached hydrogens (tertiary/aromatic N) is 2. The Hall–Kier alpha value is -5.45. The van der Waals surface area contributed by atoms with E-state index in [-0.39, 0.29) is 0 Å². The molecule has 4 heteroatoms. The normalized spacial score (nSPS) is 12.2. The molecule has 0 amide bonds. The number of rotatable bonds is 2. The van der Waals surface area contributed by atoms with Gasteiger partial charge >= 0.3 is 0 Å². The smallest absolute Gasteiger partial charge is 0.137 e. The van der Waals surface area contributed by atoms with Gasteiger partial charge in [-0.05, 0) is 76.1 Å². The molecule has 0 atom stereocenters. The van der Waals surface area contributed by atoms with Crippen molar-refractivity contribution in [3.05, 3.63) is 133 Å². The van der Waals surface area contributed by atoms with Gasteiger partial charge in [-0.3, -0.25) is 0 Å². The van der Waals surface area contributed by atoms with E-state index in [0.29, 0.717) is 0 Å². The second kappa shape index (κ2) is 8.54. The maximum atomic E-state index is 6.13. The van der Waals surface area contributed by atoms with Crippen LogP contribution in [0, 0.1) is 0 Å². The molecule has 200 valence electrons. The second-order valence-electron chi connectivity index (χ2n) is 11.1. The molecule has 0 radical (unpaired) electrons. The highest BCUT2D eigenvalue weighted by molar-refractivity contribution is 7.22. The molecule has 43 heavy (non-hydrogen) atoms. The van der Waals surface area contributed by atoms with Crippen LogP contribution >= 0.6 is 11.3 Å². The van der Waals surface area contributed by atoms with Crippen molar-refractivity contribution >= 4 is 86.8 Å². The molecule has 3 aromatic heterocycles. The number of hydrogen-bond acceptors (Lipinski definition) is 3. The van der Waals surface area contributed by atoms with E-state index < -0.39 is 0 Å². The molecule has 0 saturated heterocycles. The third-order valence-corrected chi connectivity index (χ3v) is 9.95. The fraction of sp³-hybridized carbons (Fsp3) is 0. The van der Waals surface area contributed by atoms with Crippen LogP contribution in [-0.4, -0.2) is 9.55 Å². The van der Waals surface area contributed by atoms with Crippen LogP contribution in [0.3, 0.4) is 0 Å². The maximum absolute atomic E-state index is 6.13. The van der Waals surface area contributed by atoms with E-state index in [1.165, 1.54) is 48.1 Å². The Morgan fingerprint density at radius 3 is 1.84 bits per heavy atom. The molecule has 0 aliphatic rings. The lowest BCUT2D eigenvalue weighted by atomic mass is 10.00. The monoisotopic (exact) mass is 566 g/mol. The average molecular weight is 567 g/mol. The van der Waals surface area contributed by atoms with Gasteiger partial charge in [-0.2, -0.15) is 0 Å². The molecule has 3 nitrogen and oxygen atoms in total. The number of benzene rings is 7.